The molecule has 0 radical (unpaired) electrons. The van der Waals surface area contributed by atoms with Crippen LogP contribution in [-0.4, -0.2) is 25.8 Å². The van der Waals surface area contributed by atoms with Crippen LogP contribution in [-0.2, 0) is 27.9 Å². The van der Waals surface area contributed by atoms with Gasteiger partial charge < -0.3 is 4.90 Å². The van der Waals surface area contributed by atoms with Crippen molar-refractivity contribution in [2.24, 2.45) is 0 Å². The molecule has 1 amide bonds. The van der Waals surface area contributed by atoms with E-state index in [9.17, 15) is 13.2 Å². The number of carbonyl (C=O) groups is 1. The maximum absolute atomic E-state index is 12.8. The summed E-state index contributed by atoms with van der Waals surface area (Å²) < 4.78 is 28.3. The molecule has 1 N–H and O–H groups in total. The Morgan fingerprint density at radius 2 is 1.61 bits per heavy atom. The molecule has 1 aliphatic heterocycles. The summed E-state index contributed by atoms with van der Waals surface area (Å²) in [5.74, 6) is 0.159. The zero-order chi connectivity index (χ0) is 19.6. The van der Waals surface area contributed by atoms with E-state index in [0.717, 1.165) is 34.9 Å². The van der Waals surface area contributed by atoms with Gasteiger partial charge in [-0.05, 0) is 40.5 Å². The third-order valence-corrected chi connectivity index (χ3v) is 6.53. The quantitative estimate of drug-likeness (QED) is 0.696. The topological polar surface area (TPSA) is 66.5 Å². The van der Waals surface area contributed by atoms with E-state index >= 15 is 0 Å². The molecule has 0 bridgehead atoms. The second-order valence-electron chi connectivity index (χ2n) is 7.02. The normalized spacial score (nSPS) is 14.7. The van der Waals surface area contributed by atoms with E-state index in [2.05, 4.69) is 4.72 Å². The van der Waals surface area contributed by atoms with Gasteiger partial charge in [0, 0.05) is 26.1 Å². The number of fused-ring (bicyclic) bond motifs is 1. The van der Waals surface area contributed by atoms with Gasteiger partial charge in [-0.2, -0.15) is 0 Å². The van der Waals surface area contributed by atoms with Crippen LogP contribution in [0.5, 0.6) is 0 Å². The first-order valence-corrected chi connectivity index (χ1v) is 10.8. The largest absolute Gasteiger partial charge is 0.338 e. The van der Waals surface area contributed by atoms with Crippen LogP contribution < -0.4 is 4.72 Å². The smallest absolute Gasteiger partial charge is 0.240 e. The van der Waals surface area contributed by atoms with E-state index in [1.165, 1.54) is 0 Å². The molecule has 1 aliphatic rings. The Hall–Kier alpha value is -2.70. The van der Waals surface area contributed by atoms with E-state index in [0.29, 0.717) is 13.0 Å². The number of hydrogen-bond acceptors (Lipinski definition) is 3. The van der Waals surface area contributed by atoms with Crippen LogP contribution in [0.2, 0.25) is 0 Å². The van der Waals surface area contributed by atoms with Crippen LogP contribution >= 0.6 is 0 Å². The lowest BCUT2D eigenvalue weighted by Crippen LogP contribution is -2.27. The molecule has 0 aliphatic carbocycles. The van der Waals surface area contributed by atoms with E-state index in [1.54, 1.807) is 12.1 Å². The molecule has 3 aromatic carbocycles. The fraction of sp³-hybridized carbons (Fsp3) is 0.227. The number of nitrogens with zero attached hydrogens (tertiary/aromatic N) is 1. The van der Waals surface area contributed by atoms with Crippen LogP contribution in [0.4, 0.5) is 0 Å². The van der Waals surface area contributed by atoms with Gasteiger partial charge in [0.15, 0.2) is 0 Å². The summed E-state index contributed by atoms with van der Waals surface area (Å²) in [7, 11) is -3.64. The van der Waals surface area contributed by atoms with Gasteiger partial charge in [0.1, 0.15) is 0 Å². The third-order valence-electron chi connectivity index (χ3n) is 5.13. The number of carbonyl (C=O) groups excluding carboxylic acids is 1. The zero-order valence-corrected chi connectivity index (χ0v) is 16.3. The summed E-state index contributed by atoms with van der Waals surface area (Å²) in [5, 5.41) is 1.89. The first-order chi connectivity index (χ1) is 13.5. The lowest BCUT2D eigenvalue weighted by atomic mass is 10.1. The number of nitrogens with one attached hydrogen (secondary N) is 1. The molecule has 1 heterocycles. The Bertz CT molecular complexity index is 1130. The van der Waals surface area contributed by atoms with Crippen LogP contribution in [0.3, 0.4) is 0 Å². The van der Waals surface area contributed by atoms with Crippen molar-refractivity contribution < 1.29 is 13.2 Å². The van der Waals surface area contributed by atoms with E-state index in [1.807, 2.05) is 59.5 Å². The molecule has 5 nitrogen and oxygen atoms in total. The van der Waals surface area contributed by atoms with Crippen LogP contribution in [0.1, 0.15) is 24.0 Å². The van der Waals surface area contributed by atoms with E-state index < -0.39 is 10.0 Å². The number of amides is 1. The number of rotatable bonds is 6. The SMILES string of the molecule is O=C1CCCN1Cc1ccccc1CNS(=O)(=O)c1ccc2ccccc2c1. The second kappa shape index (κ2) is 7.73. The molecule has 3 aromatic rings. The van der Waals surface area contributed by atoms with Crippen molar-refractivity contribution >= 4 is 26.7 Å². The second-order valence-corrected chi connectivity index (χ2v) is 8.79. The number of benzene rings is 3. The fourth-order valence-corrected chi connectivity index (χ4v) is 4.59. The first kappa shape index (κ1) is 18.7. The predicted octanol–water partition coefficient (Wildman–Crippen LogP) is 3.44. The molecule has 144 valence electrons. The Morgan fingerprint density at radius 3 is 2.36 bits per heavy atom. The van der Waals surface area contributed by atoms with Crippen molar-refractivity contribution in [1.82, 2.24) is 9.62 Å². The summed E-state index contributed by atoms with van der Waals surface area (Å²) >= 11 is 0. The summed E-state index contributed by atoms with van der Waals surface area (Å²) in [6, 6.07) is 20.4. The molecule has 1 saturated heterocycles. The average Bonchev–Trinajstić information content (AvgIpc) is 3.11. The monoisotopic (exact) mass is 394 g/mol. The van der Waals surface area contributed by atoms with E-state index in [-0.39, 0.29) is 17.3 Å². The zero-order valence-electron chi connectivity index (χ0n) is 15.5. The summed E-state index contributed by atoms with van der Waals surface area (Å²) in [6.45, 7) is 1.47. The van der Waals surface area contributed by atoms with Crippen molar-refractivity contribution in [3.05, 3.63) is 77.9 Å². The van der Waals surface area contributed by atoms with Gasteiger partial charge in [0.05, 0.1) is 4.90 Å². The van der Waals surface area contributed by atoms with Crippen molar-refractivity contribution in [2.45, 2.75) is 30.8 Å². The Labute approximate surface area is 165 Å². The lowest BCUT2D eigenvalue weighted by Gasteiger charge is -2.18. The minimum Gasteiger partial charge on any atom is -0.338 e. The van der Waals surface area contributed by atoms with E-state index in [4.69, 9.17) is 0 Å². The first-order valence-electron chi connectivity index (χ1n) is 9.36. The molecule has 1 fully saturated rings. The highest BCUT2D eigenvalue weighted by atomic mass is 32.2. The van der Waals surface area contributed by atoms with Gasteiger partial charge in [-0.15, -0.1) is 0 Å². The minimum atomic E-state index is -3.64. The molecular formula is C22H22N2O3S. The molecule has 0 aromatic heterocycles. The van der Waals surface area contributed by atoms with Gasteiger partial charge in [-0.25, -0.2) is 13.1 Å². The summed E-state index contributed by atoms with van der Waals surface area (Å²) in [5.41, 5.74) is 1.85. The predicted molar refractivity (Wildman–Crippen MR) is 109 cm³/mol. The molecule has 0 atom stereocenters. The highest BCUT2D eigenvalue weighted by molar-refractivity contribution is 7.89. The third kappa shape index (κ3) is 3.93. The van der Waals surface area contributed by atoms with Crippen molar-refractivity contribution in [3.8, 4) is 0 Å². The molecule has 0 saturated carbocycles. The lowest BCUT2D eigenvalue weighted by molar-refractivity contribution is -0.128. The van der Waals surface area contributed by atoms with Crippen LogP contribution in [0, 0.1) is 0 Å². The van der Waals surface area contributed by atoms with Gasteiger partial charge >= 0.3 is 0 Å². The van der Waals surface area contributed by atoms with Crippen molar-refractivity contribution in [2.75, 3.05) is 6.54 Å². The van der Waals surface area contributed by atoms with Crippen molar-refractivity contribution in [3.63, 3.8) is 0 Å². The number of sulfonamides is 1. The maximum atomic E-state index is 12.8. The van der Waals surface area contributed by atoms with Gasteiger partial charge in [-0.3, -0.25) is 4.79 Å². The Kier molecular flexibility index (Phi) is 5.15. The maximum Gasteiger partial charge on any atom is 0.240 e. The van der Waals surface area contributed by atoms with Gasteiger partial charge in [0.2, 0.25) is 15.9 Å². The van der Waals surface area contributed by atoms with Crippen molar-refractivity contribution in [1.29, 1.82) is 0 Å². The Morgan fingerprint density at radius 1 is 0.893 bits per heavy atom. The molecule has 28 heavy (non-hydrogen) atoms. The fourth-order valence-electron chi connectivity index (χ4n) is 3.55. The van der Waals surface area contributed by atoms with Gasteiger partial charge in [-0.1, -0.05) is 54.6 Å². The standard InChI is InChI=1S/C22H22N2O3S/c25-22-10-5-13-24(22)16-20-9-4-3-8-19(20)15-23-28(26,27)21-12-11-17-6-1-2-7-18(17)14-21/h1-4,6-9,11-12,14,23H,5,10,13,15-16H2. The van der Waals surface area contributed by atoms with Crippen LogP contribution in [0.15, 0.2) is 71.6 Å². The highest BCUT2D eigenvalue weighted by Crippen LogP contribution is 2.20. The number of likely N-dealkylation sites (tertiary alicyclic amines) is 1. The molecule has 6 heteroatoms. The van der Waals surface area contributed by atoms with Crippen LogP contribution in [0.25, 0.3) is 10.8 Å². The Balaban J connectivity index is 1.52. The summed E-state index contributed by atoms with van der Waals surface area (Å²) in [6.07, 6.45) is 1.48. The minimum absolute atomic E-state index is 0.159. The molecule has 0 unspecified atom stereocenters. The molecule has 0 spiro atoms. The van der Waals surface area contributed by atoms with Gasteiger partial charge in [0.25, 0.3) is 0 Å². The molecular weight excluding hydrogens is 372 g/mol. The summed E-state index contributed by atoms with van der Waals surface area (Å²) in [4.78, 5) is 14.0. The average molecular weight is 394 g/mol. The number of hydrogen-bond donors (Lipinski definition) is 1. The highest BCUT2D eigenvalue weighted by Gasteiger charge is 2.21. The molecule has 4 rings (SSSR count).